The monoisotopic (exact) mass is 635 g/mol. The van der Waals surface area contributed by atoms with E-state index in [1.165, 1.54) is 0 Å². The van der Waals surface area contributed by atoms with Gasteiger partial charge in [-0.05, 0) is 72.0 Å². The van der Waals surface area contributed by atoms with Crippen LogP contribution >= 0.6 is 39.1 Å². The van der Waals surface area contributed by atoms with Gasteiger partial charge >= 0.3 is 0 Å². The van der Waals surface area contributed by atoms with Crippen molar-refractivity contribution in [3.63, 3.8) is 0 Å². The van der Waals surface area contributed by atoms with Crippen LogP contribution in [-0.2, 0) is 6.54 Å². The van der Waals surface area contributed by atoms with Crippen LogP contribution in [0.15, 0.2) is 93.9 Å². The van der Waals surface area contributed by atoms with Crippen LogP contribution in [0.25, 0.3) is 10.9 Å². The second-order valence-electron chi connectivity index (χ2n) is 10.2. The molecular formula is C32H28BrCl2N3O2. The first-order valence-corrected chi connectivity index (χ1v) is 14.8. The van der Waals surface area contributed by atoms with Gasteiger partial charge in [0.05, 0.1) is 18.2 Å². The van der Waals surface area contributed by atoms with Crippen LogP contribution in [0, 0.1) is 6.92 Å². The van der Waals surface area contributed by atoms with Crippen LogP contribution in [0.3, 0.4) is 0 Å². The van der Waals surface area contributed by atoms with E-state index in [0.717, 1.165) is 45.4 Å². The summed E-state index contributed by atoms with van der Waals surface area (Å²) in [5, 5.41) is 2.58. The number of piperazine rings is 1. The van der Waals surface area contributed by atoms with Gasteiger partial charge in [-0.15, -0.1) is 0 Å². The van der Waals surface area contributed by atoms with Gasteiger partial charge in [0, 0.05) is 52.4 Å². The van der Waals surface area contributed by atoms with Gasteiger partial charge in [0.2, 0.25) is 0 Å². The number of benzene rings is 3. The third-order valence-electron chi connectivity index (χ3n) is 7.60. The minimum Gasteiger partial charge on any atom is -0.464 e. The molecule has 1 aliphatic rings. The van der Waals surface area contributed by atoms with Gasteiger partial charge in [0.1, 0.15) is 11.5 Å². The van der Waals surface area contributed by atoms with Crippen molar-refractivity contribution in [2.45, 2.75) is 19.5 Å². The maximum atomic E-state index is 13.6. The number of fused-ring (bicyclic) bond motifs is 1. The summed E-state index contributed by atoms with van der Waals surface area (Å²) in [5.74, 6) is 1.43. The summed E-state index contributed by atoms with van der Waals surface area (Å²) in [7, 11) is 0. The van der Waals surface area contributed by atoms with Crippen LogP contribution < -0.4 is 0 Å². The number of hydrogen-bond acceptors (Lipinski definition) is 3. The molecule has 0 spiro atoms. The van der Waals surface area contributed by atoms with Crippen molar-refractivity contribution in [2.24, 2.45) is 0 Å². The molecule has 5 aromatic rings. The van der Waals surface area contributed by atoms with E-state index in [9.17, 15) is 4.79 Å². The molecule has 1 aliphatic heterocycles. The number of carbonyl (C=O) groups is 1. The summed E-state index contributed by atoms with van der Waals surface area (Å²) in [6.45, 7) is 5.19. The van der Waals surface area contributed by atoms with Crippen molar-refractivity contribution >= 4 is 55.9 Å². The maximum Gasteiger partial charge on any atom is 0.257 e. The fourth-order valence-corrected chi connectivity index (χ4v) is 6.16. The molecule has 0 unspecified atom stereocenters. The normalized spacial score (nSPS) is 14.4. The van der Waals surface area contributed by atoms with Crippen molar-refractivity contribution in [1.82, 2.24) is 14.4 Å². The topological polar surface area (TPSA) is 41.6 Å². The van der Waals surface area contributed by atoms with E-state index in [2.05, 4.69) is 67.9 Å². The highest BCUT2D eigenvalue weighted by molar-refractivity contribution is 9.10. The Bertz CT molecular complexity index is 1610. The second-order valence-corrected chi connectivity index (χ2v) is 12.0. The Kier molecular flexibility index (Phi) is 7.78. The van der Waals surface area contributed by atoms with E-state index < -0.39 is 0 Å². The molecule has 0 bridgehead atoms. The zero-order chi connectivity index (χ0) is 27.8. The Balaban J connectivity index is 1.17. The second kappa shape index (κ2) is 11.5. The molecule has 0 aliphatic carbocycles. The van der Waals surface area contributed by atoms with Crippen molar-refractivity contribution in [1.29, 1.82) is 0 Å². The quantitative estimate of drug-likeness (QED) is 0.189. The molecule has 204 valence electrons. The molecule has 0 saturated carbocycles. The Hall–Kier alpha value is -3.03. The maximum absolute atomic E-state index is 13.6. The van der Waals surface area contributed by atoms with Gasteiger partial charge in [-0.1, -0.05) is 69.5 Å². The van der Waals surface area contributed by atoms with Gasteiger partial charge in [-0.25, -0.2) is 0 Å². The number of aryl methyl sites for hydroxylation is 1. The SMILES string of the molecule is Cc1oc(Cn2ccc3ccc(Br)cc32)cc1C(=O)N1CCN(C(c2ccc(Cl)cc2)c2ccc(Cl)cc2)CC1. The largest absolute Gasteiger partial charge is 0.464 e. The van der Waals surface area contributed by atoms with Crippen LogP contribution in [-0.4, -0.2) is 46.5 Å². The predicted octanol–water partition coefficient (Wildman–Crippen LogP) is 8.21. The molecule has 5 nitrogen and oxygen atoms in total. The van der Waals surface area contributed by atoms with Crippen molar-refractivity contribution in [3.05, 3.63) is 128 Å². The third kappa shape index (κ3) is 5.59. The number of hydrogen-bond donors (Lipinski definition) is 0. The lowest BCUT2D eigenvalue weighted by Gasteiger charge is -2.39. The van der Waals surface area contributed by atoms with Crippen LogP contribution in [0.5, 0.6) is 0 Å². The summed E-state index contributed by atoms with van der Waals surface area (Å²) in [4.78, 5) is 17.9. The zero-order valence-corrected chi connectivity index (χ0v) is 25.1. The number of nitrogens with zero attached hydrogens (tertiary/aromatic N) is 3. The Morgan fingerprint density at radius 3 is 2.12 bits per heavy atom. The average molecular weight is 637 g/mol. The smallest absolute Gasteiger partial charge is 0.257 e. The van der Waals surface area contributed by atoms with Crippen molar-refractivity contribution in [2.75, 3.05) is 26.2 Å². The molecule has 6 rings (SSSR count). The Morgan fingerprint density at radius 1 is 0.875 bits per heavy atom. The zero-order valence-electron chi connectivity index (χ0n) is 22.0. The van der Waals surface area contributed by atoms with E-state index in [4.69, 9.17) is 27.6 Å². The first-order chi connectivity index (χ1) is 19.4. The van der Waals surface area contributed by atoms with Crippen LogP contribution in [0.2, 0.25) is 10.0 Å². The molecule has 1 saturated heterocycles. The average Bonchev–Trinajstić information content (AvgIpc) is 3.53. The molecule has 3 aromatic carbocycles. The highest BCUT2D eigenvalue weighted by Gasteiger charge is 2.30. The lowest BCUT2D eigenvalue weighted by atomic mass is 9.96. The molecule has 8 heteroatoms. The fraction of sp³-hybridized carbons (Fsp3) is 0.219. The first-order valence-electron chi connectivity index (χ1n) is 13.2. The highest BCUT2D eigenvalue weighted by Crippen LogP contribution is 2.32. The summed E-state index contributed by atoms with van der Waals surface area (Å²) in [6, 6.07) is 26.2. The Labute approximate surface area is 252 Å². The molecule has 0 N–H and O–H groups in total. The summed E-state index contributed by atoms with van der Waals surface area (Å²) in [6.07, 6.45) is 2.05. The fourth-order valence-electron chi connectivity index (χ4n) is 5.55. The molecule has 1 amide bonds. The molecule has 0 radical (unpaired) electrons. The summed E-state index contributed by atoms with van der Waals surface area (Å²) in [5.41, 5.74) is 4.06. The van der Waals surface area contributed by atoms with Crippen LogP contribution in [0.4, 0.5) is 0 Å². The number of halogens is 3. The standard InChI is InChI=1S/C32H28BrCl2N3O2/c1-21-29(19-28(40-21)20-38-13-12-22-2-7-25(33)18-30(22)38)32(39)37-16-14-36(15-17-37)31(23-3-8-26(34)9-4-23)24-5-10-27(35)11-6-24/h2-13,18-19,31H,14-17,20H2,1H3. The summed E-state index contributed by atoms with van der Waals surface area (Å²) < 4.78 is 9.23. The molecule has 0 atom stereocenters. The van der Waals surface area contributed by atoms with Gasteiger partial charge < -0.3 is 13.9 Å². The molecule has 40 heavy (non-hydrogen) atoms. The predicted molar refractivity (Wildman–Crippen MR) is 164 cm³/mol. The van der Waals surface area contributed by atoms with E-state index in [0.29, 0.717) is 41.0 Å². The van der Waals surface area contributed by atoms with Crippen LogP contribution in [0.1, 0.15) is 39.0 Å². The van der Waals surface area contributed by atoms with Gasteiger partial charge in [-0.2, -0.15) is 0 Å². The number of aromatic nitrogens is 1. The third-order valence-corrected chi connectivity index (χ3v) is 8.60. The van der Waals surface area contributed by atoms with Gasteiger partial charge in [-0.3, -0.25) is 9.69 Å². The lowest BCUT2D eigenvalue weighted by Crippen LogP contribution is -2.49. The van der Waals surface area contributed by atoms with Gasteiger partial charge in [0.25, 0.3) is 5.91 Å². The highest BCUT2D eigenvalue weighted by atomic mass is 79.9. The van der Waals surface area contributed by atoms with Crippen molar-refractivity contribution < 1.29 is 9.21 Å². The van der Waals surface area contributed by atoms with E-state index in [-0.39, 0.29) is 11.9 Å². The number of amides is 1. The first kappa shape index (κ1) is 27.2. The van der Waals surface area contributed by atoms with Gasteiger partial charge in [0.15, 0.2) is 0 Å². The van der Waals surface area contributed by atoms with E-state index in [1.54, 1.807) is 0 Å². The number of carbonyl (C=O) groups excluding carboxylic acids is 1. The number of rotatable bonds is 6. The summed E-state index contributed by atoms with van der Waals surface area (Å²) >= 11 is 15.9. The van der Waals surface area contributed by atoms with E-state index in [1.807, 2.05) is 54.4 Å². The van der Waals surface area contributed by atoms with E-state index >= 15 is 0 Å². The number of furan rings is 1. The minimum absolute atomic E-state index is 0.0156. The molecular weight excluding hydrogens is 609 g/mol. The molecule has 1 fully saturated rings. The minimum atomic E-state index is 0.0156. The Morgan fingerprint density at radius 2 is 1.50 bits per heavy atom. The lowest BCUT2D eigenvalue weighted by molar-refractivity contribution is 0.0595. The van der Waals surface area contributed by atoms with Crippen molar-refractivity contribution in [3.8, 4) is 0 Å². The molecule has 2 aromatic heterocycles. The molecule has 3 heterocycles.